The standard InChI is InChI=1S/C18H25NO6/c1-18(2,3)25-17(21)19-14(10-11-16(20)23-5)13-8-6-7-9-15(13)24-12-22-4/h6-11,14H,12H2,1-5H3,(H,19,21). The first-order chi connectivity index (χ1) is 11.8. The van der Waals surface area contributed by atoms with Gasteiger partial charge < -0.3 is 24.3 Å². The predicted octanol–water partition coefficient (Wildman–Crippen LogP) is 2.96. The molecule has 1 unspecified atom stereocenters. The second-order valence-electron chi connectivity index (χ2n) is 6.09. The number of esters is 1. The number of hydrogen-bond acceptors (Lipinski definition) is 6. The number of amides is 1. The summed E-state index contributed by atoms with van der Waals surface area (Å²) >= 11 is 0. The third-order valence-corrected chi connectivity index (χ3v) is 2.88. The molecule has 0 radical (unpaired) electrons. The summed E-state index contributed by atoms with van der Waals surface area (Å²) in [5.41, 5.74) is -0.00203. The Labute approximate surface area is 147 Å². The van der Waals surface area contributed by atoms with E-state index in [0.29, 0.717) is 11.3 Å². The molecule has 0 aliphatic rings. The van der Waals surface area contributed by atoms with Crippen molar-refractivity contribution in [2.75, 3.05) is 21.0 Å². The van der Waals surface area contributed by atoms with E-state index in [1.54, 1.807) is 45.0 Å². The fraction of sp³-hybridized carbons (Fsp3) is 0.444. The van der Waals surface area contributed by atoms with Gasteiger partial charge in [-0.25, -0.2) is 9.59 Å². The highest BCUT2D eigenvalue weighted by molar-refractivity contribution is 5.82. The summed E-state index contributed by atoms with van der Waals surface area (Å²) in [7, 11) is 2.79. The van der Waals surface area contributed by atoms with Gasteiger partial charge in [0.1, 0.15) is 11.4 Å². The molecule has 0 saturated carbocycles. The van der Waals surface area contributed by atoms with Crippen LogP contribution < -0.4 is 10.1 Å². The normalized spacial score (nSPS) is 12.5. The van der Waals surface area contributed by atoms with E-state index in [2.05, 4.69) is 10.1 Å². The molecule has 1 rings (SSSR count). The van der Waals surface area contributed by atoms with Crippen molar-refractivity contribution >= 4 is 12.1 Å². The first-order valence-electron chi connectivity index (χ1n) is 7.73. The third-order valence-electron chi connectivity index (χ3n) is 2.88. The van der Waals surface area contributed by atoms with Gasteiger partial charge in [0, 0.05) is 18.7 Å². The average Bonchev–Trinajstić information content (AvgIpc) is 2.55. The smallest absolute Gasteiger partial charge is 0.408 e. The van der Waals surface area contributed by atoms with Gasteiger partial charge in [0.15, 0.2) is 6.79 Å². The second kappa shape index (κ2) is 9.68. The minimum absolute atomic E-state index is 0.0525. The summed E-state index contributed by atoms with van der Waals surface area (Å²) in [5, 5.41) is 2.71. The Hall–Kier alpha value is -2.54. The minimum atomic E-state index is -0.651. The van der Waals surface area contributed by atoms with E-state index in [9.17, 15) is 9.59 Å². The molecule has 1 aromatic carbocycles. The number of alkyl carbamates (subject to hydrolysis) is 1. The molecule has 0 aromatic heterocycles. The van der Waals surface area contributed by atoms with E-state index in [-0.39, 0.29) is 6.79 Å². The van der Waals surface area contributed by atoms with Crippen LogP contribution in [-0.2, 0) is 19.0 Å². The fourth-order valence-corrected chi connectivity index (χ4v) is 1.90. The molecule has 1 atom stereocenters. The van der Waals surface area contributed by atoms with E-state index in [4.69, 9.17) is 14.2 Å². The highest BCUT2D eigenvalue weighted by Gasteiger charge is 2.21. The number of hydrogen-bond donors (Lipinski definition) is 1. The molecule has 0 aliphatic carbocycles. The summed E-state index contributed by atoms with van der Waals surface area (Å²) in [5.74, 6) is -0.0220. The van der Waals surface area contributed by atoms with E-state index < -0.39 is 23.7 Å². The Morgan fingerprint density at radius 2 is 1.88 bits per heavy atom. The summed E-state index contributed by atoms with van der Waals surface area (Å²) < 4.78 is 20.3. The molecule has 0 fully saturated rings. The lowest BCUT2D eigenvalue weighted by Gasteiger charge is -2.23. The van der Waals surface area contributed by atoms with Crippen molar-refractivity contribution in [2.24, 2.45) is 0 Å². The van der Waals surface area contributed by atoms with Gasteiger partial charge in [0.05, 0.1) is 13.2 Å². The first-order valence-corrected chi connectivity index (χ1v) is 7.73. The number of carbonyl (C=O) groups excluding carboxylic acids is 2. The number of nitrogens with one attached hydrogen (secondary N) is 1. The lowest BCUT2D eigenvalue weighted by atomic mass is 10.1. The molecule has 7 heteroatoms. The lowest BCUT2D eigenvalue weighted by Crippen LogP contribution is -2.34. The molecule has 0 spiro atoms. The number of carbonyl (C=O) groups is 2. The van der Waals surface area contributed by atoms with Crippen LogP contribution in [0.3, 0.4) is 0 Å². The van der Waals surface area contributed by atoms with Gasteiger partial charge in [-0.2, -0.15) is 0 Å². The Kier molecular flexibility index (Phi) is 7.94. The van der Waals surface area contributed by atoms with Gasteiger partial charge in [-0.15, -0.1) is 0 Å². The molecule has 7 nitrogen and oxygen atoms in total. The molecule has 138 valence electrons. The van der Waals surface area contributed by atoms with Gasteiger partial charge in [-0.1, -0.05) is 24.3 Å². The molecule has 25 heavy (non-hydrogen) atoms. The average molecular weight is 351 g/mol. The fourth-order valence-electron chi connectivity index (χ4n) is 1.90. The van der Waals surface area contributed by atoms with E-state index in [1.165, 1.54) is 26.4 Å². The molecule has 0 bridgehead atoms. The van der Waals surface area contributed by atoms with Crippen molar-refractivity contribution in [3.05, 3.63) is 42.0 Å². The van der Waals surface area contributed by atoms with Crippen LogP contribution in [-0.4, -0.2) is 38.7 Å². The van der Waals surface area contributed by atoms with Crippen LogP contribution in [0.4, 0.5) is 4.79 Å². The van der Waals surface area contributed by atoms with Crippen LogP contribution >= 0.6 is 0 Å². The second-order valence-corrected chi connectivity index (χ2v) is 6.09. The lowest BCUT2D eigenvalue weighted by molar-refractivity contribution is -0.134. The quantitative estimate of drug-likeness (QED) is 0.462. The molecule has 0 aliphatic heterocycles. The zero-order valence-electron chi connectivity index (χ0n) is 15.2. The van der Waals surface area contributed by atoms with Crippen molar-refractivity contribution in [3.63, 3.8) is 0 Å². The molecule has 0 heterocycles. The molecule has 1 N–H and O–H groups in total. The van der Waals surface area contributed by atoms with Crippen molar-refractivity contribution in [1.82, 2.24) is 5.32 Å². The van der Waals surface area contributed by atoms with Crippen molar-refractivity contribution in [1.29, 1.82) is 0 Å². The van der Waals surface area contributed by atoms with Gasteiger partial charge in [-0.3, -0.25) is 0 Å². The van der Waals surface area contributed by atoms with Crippen LogP contribution in [0, 0.1) is 0 Å². The van der Waals surface area contributed by atoms with E-state index in [1.807, 2.05) is 0 Å². The number of para-hydroxylation sites is 1. The Bertz CT molecular complexity index is 606. The Balaban J connectivity index is 3.08. The maximum Gasteiger partial charge on any atom is 0.408 e. The highest BCUT2D eigenvalue weighted by atomic mass is 16.7. The van der Waals surface area contributed by atoms with Gasteiger partial charge in [0.2, 0.25) is 0 Å². The van der Waals surface area contributed by atoms with Gasteiger partial charge in [0.25, 0.3) is 0 Å². The molecule has 0 saturated heterocycles. The first kappa shape index (κ1) is 20.5. The zero-order valence-corrected chi connectivity index (χ0v) is 15.2. The van der Waals surface area contributed by atoms with Gasteiger partial charge in [-0.05, 0) is 26.8 Å². The highest BCUT2D eigenvalue weighted by Crippen LogP contribution is 2.26. The van der Waals surface area contributed by atoms with Crippen LogP contribution in [0.2, 0.25) is 0 Å². The summed E-state index contributed by atoms with van der Waals surface area (Å²) in [4.78, 5) is 23.5. The minimum Gasteiger partial charge on any atom is -0.467 e. The zero-order chi connectivity index (χ0) is 18.9. The van der Waals surface area contributed by atoms with Crippen LogP contribution in [0.5, 0.6) is 5.75 Å². The Morgan fingerprint density at radius 1 is 1.20 bits per heavy atom. The number of ether oxygens (including phenoxy) is 4. The number of rotatable bonds is 7. The largest absolute Gasteiger partial charge is 0.467 e. The topological polar surface area (TPSA) is 83.1 Å². The van der Waals surface area contributed by atoms with Gasteiger partial charge >= 0.3 is 12.1 Å². The monoisotopic (exact) mass is 351 g/mol. The molecular formula is C18H25NO6. The molecular weight excluding hydrogens is 326 g/mol. The number of benzene rings is 1. The predicted molar refractivity (Wildman–Crippen MR) is 92.2 cm³/mol. The van der Waals surface area contributed by atoms with E-state index >= 15 is 0 Å². The van der Waals surface area contributed by atoms with Crippen molar-refractivity contribution < 1.29 is 28.5 Å². The SMILES string of the molecule is COCOc1ccccc1C(C=CC(=O)OC)NC(=O)OC(C)(C)C. The van der Waals surface area contributed by atoms with Crippen molar-refractivity contribution in [2.45, 2.75) is 32.4 Å². The molecule has 1 amide bonds. The van der Waals surface area contributed by atoms with Crippen molar-refractivity contribution in [3.8, 4) is 5.75 Å². The third kappa shape index (κ3) is 7.71. The Morgan fingerprint density at radius 3 is 2.48 bits per heavy atom. The van der Waals surface area contributed by atoms with Crippen LogP contribution in [0.15, 0.2) is 36.4 Å². The molecule has 1 aromatic rings. The summed E-state index contributed by atoms with van der Waals surface area (Å²) in [6, 6.07) is 6.45. The van der Waals surface area contributed by atoms with E-state index in [0.717, 1.165) is 0 Å². The number of methoxy groups -OCH3 is 2. The van der Waals surface area contributed by atoms with Crippen LogP contribution in [0.1, 0.15) is 32.4 Å². The summed E-state index contributed by atoms with van der Waals surface area (Å²) in [6.07, 6.45) is 2.12. The maximum atomic E-state index is 12.1. The summed E-state index contributed by atoms with van der Waals surface area (Å²) in [6.45, 7) is 5.35. The maximum absolute atomic E-state index is 12.1. The van der Waals surface area contributed by atoms with Crippen LogP contribution in [0.25, 0.3) is 0 Å².